The summed E-state index contributed by atoms with van der Waals surface area (Å²) in [6.45, 7) is 2.20. The van der Waals surface area contributed by atoms with Gasteiger partial charge in [-0.3, -0.25) is 4.79 Å². The van der Waals surface area contributed by atoms with Crippen molar-refractivity contribution >= 4 is 23.4 Å². The smallest absolute Gasteiger partial charge is 0.234 e. The third-order valence-corrected chi connectivity index (χ3v) is 4.41. The molecule has 0 aliphatic carbocycles. The lowest BCUT2D eigenvalue weighted by Crippen LogP contribution is -2.14. The first-order valence-corrected chi connectivity index (χ1v) is 8.94. The number of hydrogen-bond acceptors (Lipinski definition) is 2. The van der Waals surface area contributed by atoms with Crippen molar-refractivity contribution in [3.05, 3.63) is 65.7 Å². The molecule has 2 aromatic rings. The van der Waals surface area contributed by atoms with Crippen LogP contribution in [0.25, 0.3) is 0 Å². The Labute approximate surface area is 137 Å². The Morgan fingerprint density at radius 1 is 1.00 bits per heavy atom. The standard InChI is InChI=1S/C19H23NOS/c1-2-3-7-16-10-12-18(13-11-16)20-19(21)15-22-14-17-8-5-4-6-9-17/h4-6,8-13H,2-3,7,14-15H2,1H3,(H,20,21). The van der Waals surface area contributed by atoms with Crippen molar-refractivity contribution in [2.75, 3.05) is 11.1 Å². The van der Waals surface area contributed by atoms with Crippen LogP contribution in [0.1, 0.15) is 30.9 Å². The van der Waals surface area contributed by atoms with E-state index in [-0.39, 0.29) is 5.91 Å². The van der Waals surface area contributed by atoms with Crippen molar-refractivity contribution < 1.29 is 4.79 Å². The number of hydrogen-bond donors (Lipinski definition) is 1. The molecule has 0 aromatic heterocycles. The lowest BCUT2D eigenvalue weighted by Gasteiger charge is -2.07. The Bertz CT molecular complexity index is 566. The van der Waals surface area contributed by atoms with Crippen LogP contribution in [0.2, 0.25) is 0 Å². The molecule has 0 bridgehead atoms. The Morgan fingerprint density at radius 3 is 2.41 bits per heavy atom. The maximum absolute atomic E-state index is 11.9. The average molecular weight is 313 g/mol. The second kappa shape index (κ2) is 9.31. The van der Waals surface area contributed by atoms with Gasteiger partial charge in [-0.1, -0.05) is 55.8 Å². The van der Waals surface area contributed by atoms with Crippen molar-refractivity contribution in [2.24, 2.45) is 0 Å². The predicted molar refractivity (Wildman–Crippen MR) is 96.3 cm³/mol. The quantitative estimate of drug-likeness (QED) is 0.751. The minimum Gasteiger partial charge on any atom is -0.325 e. The molecule has 0 heterocycles. The fraction of sp³-hybridized carbons (Fsp3) is 0.316. The van der Waals surface area contributed by atoms with E-state index in [0.717, 1.165) is 17.9 Å². The number of anilines is 1. The van der Waals surface area contributed by atoms with Gasteiger partial charge in [-0.15, -0.1) is 11.8 Å². The van der Waals surface area contributed by atoms with Crippen LogP contribution in [0.15, 0.2) is 54.6 Å². The van der Waals surface area contributed by atoms with Gasteiger partial charge in [-0.2, -0.15) is 0 Å². The van der Waals surface area contributed by atoms with Gasteiger partial charge in [0.2, 0.25) is 5.91 Å². The van der Waals surface area contributed by atoms with E-state index in [1.807, 2.05) is 30.3 Å². The molecule has 2 nitrogen and oxygen atoms in total. The second-order valence-corrected chi connectivity index (χ2v) is 6.31. The van der Waals surface area contributed by atoms with Crippen molar-refractivity contribution in [2.45, 2.75) is 31.9 Å². The molecule has 0 saturated heterocycles. The van der Waals surface area contributed by atoms with Crippen molar-refractivity contribution in [1.82, 2.24) is 0 Å². The number of aryl methyl sites for hydroxylation is 1. The highest BCUT2D eigenvalue weighted by molar-refractivity contribution is 7.99. The van der Waals surface area contributed by atoms with Gasteiger partial charge in [0.05, 0.1) is 5.75 Å². The Hall–Kier alpha value is -1.74. The highest BCUT2D eigenvalue weighted by Crippen LogP contribution is 2.14. The van der Waals surface area contributed by atoms with Crippen LogP contribution >= 0.6 is 11.8 Å². The summed E-state index contributed by atoms with van der Waals surface area (Å²) in [6.07, 6.45) is 3.52. The molecule has 1 amide bonds. The van der Waals surface area contributed by atoms with Crippen LogP contribution in [0.3, 0.4) is 0 Å². The van der Waals surface area contributed by atoms with Crippen LogP contribution < -0.4 is 5.32 Å². The lowest BCUT2D eigenvalue weighted by atomic mass is 10.1. The molecular weight excluding hydrogens is 290 g/mol. The van der Waals surface area contributed by atoms with Crippen molar-refractivity contribution in [3.63, 3.8) is 0 Å². The summed E-state index contributed by atoms with van der Waals surface area (Å²) < 4.78 is 0. The van der Waals surface area contributed by atoms with E-state index in [1.165, 1.54) is 24.0 Å². The number of unbranched alkanes of at least 4 members (excludes halogenated alkanes) is 1. The molecule has 3 heteroatoms. The number of amides is 1. The summed E-state index contributed by atoms with van der Waals surface area (Å²) in [4.78, 5) is 11.9. The second-order valence-electron chi connectivity index (χ2n) is 5.33. The zero-order valence-electron chi connectivity index (χ0n) is 13.0. The molecule has 116 valence electrons. The maximum atomic E-state index is 11.9. The number of rotatable bonds is 8. The van der Waals surface area contributed by atoms with Crippen molar-refractivity contribution in [3.8, 4) is 0 Å². The lowest BCUT2D eigenvalue weighted by molar-refractivity contribution is -0.113. The van der Waals surface area contributed by atoms with Crippen LogP contribution in [0, 0.1) is 0 Å². The number of nitrogens with one attached hydrogen (secondary N) is 1. The molecule has 1 N–H and O–H groups in total. The van der Waals surface area contributed by atoms with Crippen molar-refractivity contribution in [1.29, 1.82) is 0 Å². The molecular formula is C19H23NOS. The van der Waals surface area contributed by atoms with E-state index in [1.54, 1.807) is 11.8 Å². The molecule has 2 aromatic carbocycles. The van der Waals surface area contributed by atoms with E-state index < -0.39 is 0 Å². The number of benzene rings is 2. The van der Waals surface area contributed by atoms with Gasteiger partial charge in [0, 0.05) is 11.4 Å². The minimum atomic E-state index is 0.0576. The highest BCUT2D eigenvalue weighted by atomic mass is 32.2. The fourth-order valence-electron chi connectivity index (χ4n) is 2.17. The van der Waals surface area contributed by atoms with Gasteiger partial charge in [0.25, 0.3) is 0 Å². The van der Waals surface area contributed by atoms with E-state index in [0.29, 0.717) is 5.75 Å². The summed E-state index contributed by atoms with van der Waals surface area (Å²) in [6, 6.07) is 18.4. The molecule has 0 aliphatic heterocycles. The zero-order chi connectivity index (χ0) is 15.6. The van der Waals surface area contributed by atoms with Gasteiger partial charge in [0.15, 0.2) is 0 Å². The van der Waals surface area contributed by atoms with E-state index >= 15 is 0 Å². The molecule has 0 fully saturated rings. The summed E-state index contributed by atoms with van der Waals surface area (Å²) in [5.41, 5.74) is 3.46. The first kappa shape index (κ1) is 16.6. The molecule has 0 atom stereocenters. The topological polar surface area (TPSA) is 29.1 Å². The molecule has 0 radical (unpaired) electrons. The average Bonchev–Trinajstić information content (AvgIpc) is 2.55. The third kappa shape index (κ3) is 5.94. The largest absolute Gasteiger partial charge is 0.325 e. The molecule has 0 spiro atoms. The molecule has 22 heavy (non-hydrogen) atoms. The Morgan fingerprint density at radius 2 is 1.73 bits per heavy atom. The van der Waals surface area contributed by atoms with Gasteiger partial charge < -0.3 is 5.32 Å². The van der Waals surface area contributed by atoms with Crippen LogP contribution in [-0.2, 0) is 17.0 Å². The highest BCUT2D eigenvalue weighted by Gasteiger charge is 2.03. The van der Waals surface area contributed by atoms with E-state index in [4.69, 9.17) is 0 Å². The van der Waals surface area contributed by atoms with Crippen LogP contribution in [0.5, 0.6) is 0 Å². The molecule has 0 saturated carbocycles. The third-order valence-electron chi connectivity index (χ3n) is 3.40. The Balaban J connectivity index is 1.72. The summed E-state index contributed by atoms with van der Waals surface area (Å²) in [5, 5.41) is 2.95. The van der Waals surface area contributed by atoms with Gasteiger partial charge >= 0.3 is 0 Å². The van der Waals surface area contributed by atoms with Crippen LogP contribution in [0.4, 0.5) is 5.69 Å². The molecule has 2 rings (SSSR count). The number of thioether (sulfide) groups is 1. The number of carbonyl (C=O) groups is 1. The first-order chi connectivity index (χ1) is 10.8. The van der Waals surface area contributed by atoms with E-state index in [2.05, 4.69) is 36.5 Å². The summed E-state index contributed by atoms with van der Waals surface area (Å²) in [7, 11) is 0. The molecule has 0 aliphatic rings. The molecule has 0 unspecified atom stereocenters. The fourth-order valence-corrected chi connectivity index (χ4v) is 2.96. The van der Waals surface area contributed by atoms with Gasteiger partial charge in [0.1, 0.15) is 0 Å². The maximum Gasteiger partial charge on any atom is 0.234 e. The Kier molecular flexibility index (Phi) is 7.04. The van der Waals surface area contributed by atoms with Gasteiger partial charge in [-0.05, 0) is 36.1 Å². The van der Waals surface area contributed by atoms with E-state index in [9.17, 15) is 4.79 Å². The SMILES string of the molecule is CCCCc1ccc(NC(=O)CSCc2ccccc2)cc1. The predicted octanol–water partition coefficient (Wildman–Crippen LogP) is 4.90. The first-order valence-electron chi connectivity index (χ1n) is 7.78. The zero-order valence-corrected chi connectivity index (χ0v) is 13.9. The number of carbonyl (C=O) groups excluding carboxylic acids is 1. The monoisotopic (exact) mass is 313 g/mol. The normalized spacial score (nSPS) is 10.4. The van der Waals surface area contributed by atoms with Crippen LogP contribution in [-0.4, -0.2) is 11.7 Å². The summed E-state index contributed by atoms with van der Waals surface area (Å²) in [5.74, 6) is 1.40. The van der Waals surface area contributed by atoms with Gasteiger partial charge in [-0.25, -0.2) is 0 Å². The minimum absolute atomic E-state index is 0.0576. The summed E-state index contributed by atoms with van der Waals surface area (Å²) >= 11 is 1.64.